The van der Waals surface area contributed by atoms with Gasteiger partial charge in [0.1, 0.15) is 35.3 Å². The summed E-state index contributed by atoms with van der Waals surface area (Å²) >= 11 is 5.37. The minimum absolute atomic E-state index is 0.00631. The molecule has 0 aliphatic carbocycles. The Balaban J connectivity index is 1.14. The van der Waals surface area contributed by atoms with E-state index in [0.717, 1.165) is 0 Å². The monoisotopic (exact) mass is 670 g/mol. The van der Waals surface area contributed by atoms with Crippen LogP contribution in [0.5, 0.6) is 0 Å². The van der Waals surface area contributed by atoms with Crippen LogP contribution in [-0.4, -0.2) is 98.2 Å². The Labute approximate surface area is 250 Å². The SMILES string of the molecule is Nc1nc2c(ncn2[C@@H]2O[C@@H]3COP(=O)(O)[C@H]4[C@H]5OC[C@]4(COP(O)(=S)O[C@@H]2C3)O[C@H]5n2cnc3c(N)ncnc32)c(=O)[nH]1. The zero-order valence-electron chi connectivity index (χ0n) is 22.3. The molecule has 234 valence electrons. The van der Waals surface area contributed by atoms with Gasteiger partial charge in [-0.3, -0.25) is 23.5 Å². The molecule has 0 saturated carbocycles. The summed E-state index contributed by atoms with van der Waals surface area (Å²) in [5, 5.41) is 0. The molecule has 2 unspecified atom stereocenters. The fourth-order valence-electron chi connectivity index (χ4n) is 6.23. The molecule has 23 heteroatoms. The first kappa shape index (κ1) is 28.5. The second-order valence-corrected chi connectivity index (χ2v) is 15.5. The van der Waals surface area contributed by atoms with Gasteiger partial charge in [0, 0.05) is 6.42 Å². The number of aromatic nitrogens is 8. The van der Waals surface area contributed by atoms with Crippen molar-refractivity contribution in [2.24, 2.45) is 0 Å². The number of aromatic amines is 1. The number of nitrogens with zero attached hydrogens (tertiary/aromatic N) is 7. The summed E-state index contributed by atoms with van der Waals surface area (Å²) in [5.74, 6) is -0.00788. The van der Waals surface area contributed by atoms with Crippen molar-refractivity contribution < 1.29 is 42.1 Å². The molecule has 9 atom stereocenters. The maximum absolute atomic E-state index is 14.0. The van der Waals surface area contributed by atoms with Crippen LogP contribution >= 0.6 is 14.3 Å². The number of anilines is 2. The molecule has 8 heterocycles. The van der Waals surface area contributed by atoms with Crippen molar-refractivity contribution in [2.45, 2.75) is 48.4 Å². The van der Waals surface area contributed by atoms with Crippen molar-refractivity contribution in [3.05, 3.63) is 29.3 Å². The molecule has 20 nitrogen and oxygen atoms in total. The molecule has 4 saturated heterocycles. The first-order valence-electron chi connectivity index (χ1n) is 13.2. The highest BCUT2D eigenvalue weighted by atomic mass is 32.5. The molecule has 4 aliphatic heterocycles. The third-order valence-corrected chi connectivity index (χ3v) is 11.6. The number of imidazole rings is 2. The topological polar surface area (TPSA) is 272 Å². The maximum Gasteiger partial charge on any atom is 0.337 e. The average molecular weight is 670 g/mol. The van der Waals surface area contributed by atoms with Gasteiger partial charge in [-0.1, -0.05) is 0 Å². The Kier molecular flexibility index (Phi) is 6.34. The van der Waals surface area contributed by atoms with Crippen LogP contribution in [0.25, 0.3) is 22.3 Å². The standard InChI is InChI=1S/C21H24N10O10P2S/c22-14-10-15(25-5-24-14)30(6-26-10)19-12-13-21(40-19,3-36-12)4-38-43(35,44)41-9-1-8(2-37-42(13,33)34)39-18(9)31-7-27-11-16(31)28-20(23)29-17(11)32/h5-9,12-13,18-19H,1-4H2,(H,33,34)(H,35,44)(H2,22,24,25)(H3,23,28,29,32)/t8-,9+,12+,13-,18+,19+,21+,43?/m0/s1. The predicted octanol–water partition coefficient (Wildman–Crippen LogP) is -0.719. The molecular weight excluding hydrogens is 646 g/mol. The van der Waals surface area contributed by atoms with Crippen LogP contribution in [0, 0.1) is 0 Å². The van der Waals surface area contributed by atoms with Crippen LogP contribution in [0.4, 0.5) is 11.8 Å². The number of nitrogens with two attached hydrogens (primary N) is 2. The van der Waals surface area contributed by atoms with Crippen molar-refractivity contribution in [3.63, 3.8) is 0 Å². The Bertz CT molecular complexity index is 1970. The molecule has 0 spiro atoms. The Hall–Kier alpha value is -2.94. The molecule has 0 radical (unpaired) electrons. The van der Waals surface area contributed by atoms with Gasteiger partial charge in [0.05, 0.1) is 38.6 Å². The second kappa shape index (κ2) is 9.78. The minimum atomic E-state index is -4.55. The Morgan fingerprint density at radius 3 is 2.64 bits per heavy atom. The zero-order valence-corrected chi connectivity index (χ0v) is 24.9. The van der Waals surface area contributed by atoms with Gasteiger partial charge in [0.2, 0.25) is 5.95 Å². The number of nitrogen functional groups attached to an aromatic ring is 2. The van der Waals surface area contributed by atoms with Gasteiger partial charge >= 0.3 is 14.3 Å². The molecule has 4 aromatic rings. The summed E-state index contributed by atoms with van der Waals surface area (Å²) < 4.78 is 52.8. The summed E-state index contributed by atoms with van der Waals surface area (Å²) in [4.78, 5) is 58.0. The Morgan fingerprint density at radius 2 is 1.82 bits per heavy atom. The van der Waals surface area contributed by atoms with Crippen LogP contribution in [0.2, 0.25) is 0 Å². The third kappa shape index (κ3) is 4.35. The van der Waals surface area contributed by atoms with E-state index in [1.54, 1.807) is 0 Å². The first-order valence-corrected chi connectivity index (χ1v) is 17.4. The summed E-state index contributed by atoms with van der Waals surface area (Å²) in [7, 11) is -4.55. The molecule has 4 fully saturated rings. The number of rotatable bonds is 2. The number of hydrogen-bond acceptors (Lipinski definition) is 16. The summed E-state index contributed by atoms with van der Waals surface area (Å²) in [6.07, 6.45) is -0.761. The minimum Gasteiger partial charge on any atom is -0.382 e. The summed E-state index contributed by atoms with van der Waals surface area (Å²) in [5.41, 5.74) is 8.98. The number of fused-ring (bicyclic) bond motifs is 4. The van der Waals surface area contributed by atoms with Crippen LogP contribution < -0.4 is 17.0 Å². The molecule has 8 rings (SSSR count). The third-order valence-electron chi connectivity index (χ3n) is 8.08. The normalized spacial score (nSPS) is 39.0. The summed E-state index contributed by atoms with van der Waals surface area (Å²) in [6.45, 7) is -5.04. The van der Waals surface area contributed by atoms with Crippen molar-refractivity contribution >= 4 is 60.2 Å². The van der Waals surface area contributed by atoms with E-state index < -0.39 is 68.5 Å². The highest BCUT2D eigenvalue weighted by Crippen LogP contribution is 2.65. The van der Waals surface area contributed by atoms with Crippen molar-refractivity contribution in [3.8, 4) is 0 Å². The van der Waals surface area contributed by atoms with Gasteiger partial charge in [-0.05, 0) is 11.8 Å². The lowest BCUT2D eigenvalue weighted by atomic mass is 10.0. The predicted molar refractivity (Wildman–Crippen MR) is 150 cm³/mol. The van der Waals surface area contributed by atoms with E-state index in [2.05, 4.69) is 29.9 Å². The maximum atomic E-state index is 14.0. The average Bonchev–Trinajstić information content (AvgIpc) is 3.77. The van der Waals surface area contributed by atoms with Gasteiger partial charge in [0.15, 0.2) is 35.1 Å². The van der Waals surface area contributed by atoms with E-state index >= 15 is 0 Å². The first-order chi connectivity index (χ1) is 20.9. The largest absolute Gasteiger partial charge is 0.382 e. The highest BCUT2D eigenvalue weighted by molar-refractivity contribution is 8.07. The fraction of sp³-hybridized carbons (Fsp3) is 0.524. The van der Waals surface area contributed by atoms with Gasteiger partial charge in [-0.2, -0.15) is 4.98 Å². The number of H-pyrrole nitrogens is 1. The van der Waals surface area contributed by atoms with Crippen molar-refractivity contribution in [1.29, 1.82) is 0 Å². The molecule has 4 aromatic heterocycles. The molecule has 44 heavy (non-hydrogen) atoms. The van der Waals surface area contributed by atoms with Gasteiger partial charge in [-0.25, -0.2) is 19.9 Å². The van der Waals surface area contributed by atoms with Crippen molar-refractivity contribution in [2.75, 3.05) is 31.3 Å². The van der Waals surface area contributed by atoms with E-state index in [0.29, 0.717) is 11.2 Å². The quantitative estimate of drug-likeness (QED) is 0.165. The number of hydrogen-bond donors (Lipinski definition) is 5. The van der Waals surface area contributed by atoms with E-state index in [4.69, 9.17) is 51.1 Å². The molecular formula is C21H24N10O10P2S. The lowest BCUT2D eigenvalue weighted by molar-refractivity contribution is -0.180. The van der Waals surface area contributed by atoms with E-state index in [9.17, 15) is 19.1 Å². The molecule has 7 N–H and O–H groups in total. The fourth-order valence-corrected chi connectivity index (χ4v) is 9.65. The van der Waals surface area contributed by atoms with Gasteiger partial charge in [-0.15, -0.1) is 0 Å². The van der Waals surface area contributed by atoms with Gasteiger partial charge in [0.25, 0.3) is 5.56 Å². The van der Waals surface area contributed by atoms with E-state index in [1.165, 1.54) is 28.1 Å². The molecule has 4 aliphatic rings. The van der Waals surface area contributed by atoms with E-state index in [-0.39, 0.29) is 42.6 Å². The van der Waals surface area contributed by atoms with Crippen LogP contribution in [0.1, 0.15) is 18.9 Å². The number of nitrogens with one attached hydrogen (secondary N) is 1. The van der Waals surface area contributed by atoms with Crippen LogP contribution in [0.3, 0.4) is 0 Å². The van der Waals surface area contributed by atoms with Gasteiger partial charge < -0.3 is 49.0 Å². The molecule has 0 amide bonds. The molecule has 4 bridgehead atoms. The highest BCUT2D eigenvalue weighted by Gasteiger charge is 2.69. The molecule has 0 aromatic carbocycles. The lowest BCUT2D eigenvalue weighted by Crippen LogP contribution is -2.45. The van der Waals surface area contributed by atoms with E-state index in [1.807, 2.05) is 0 Å². The zero-order chi connectivity index (χ0) is 30.6. The number of ether oxygens (including phenoxy) is 3. The van der Waals surface area contributed by atoms with Crippen LogP contribution in [-0.2, 0) is 44.2 Å². The van der Waals surface area contributed by atoms with Crippen molar-refractivity contribution in [1.82, 2.24) is 39.0 Å². The van der Waals surface area contributed by atoms with Crippen LogP contribution in [0.15, 0.2) is 23.8 Å². The second-order valence-electron chi connectivity index (χ2n) is 10.8. The lowest BCUT2D eigenvalue weighted by Gasteiger charge is -2.34. The summed E-state index contributed by atoms with van der Waals surface area (Å²) in [6, 6.07) is 0. The smallest absolute Gasteiger partial charge is 0.337 e. The Morgan fingerprint density at radius 1 is 1.05 bits per heavy atom.